The first-order chi connectivity index (χ1) is 7.46. The van der Waals surface area contributed by atoms with Crippen LogP contribution in [0.4, 0.5) is 0 Å². The topological polar surface area (TPSA) is 32.7 Å². The molecular weight excluding hydrogens is 202 g/mol. The molecule has 1 saturated heterocycles. The number of phenols is 1. The minimum absolute atomic E-state index is 0.0425. The number of morpholine rings is 1. The van der Waals surface area contributed by atoms with Gasteiger partial charge in [-0.3, -0.25) is 0 Å². The second-order valence-corrected chi connectivity index (χ2v) is 5.16. The van der Waals surface area contributed by atoms with Crippen molar-refractivity contribution >= 4 is 0 Å². The Kier molecular flexibility index (Phi) is 2.91. The fraction of sp³-hybridized carbons (Fsp3) is 0.538. The van der Waals surface area contributed by atoms with E-state index in [-0.39, 0.29) is 11.7 Å². The summed E-state index contributed by atoms with van der Waals surface area (Å²) < 4.78 is 6.03. The first-order valence-corrected chi connectivity index (χ1v) is 5.61. The van der Waals surface area contributed by atoms with Crippen LogP contribution in [0.25, 0.3) is 0 Å². The highest BCUT2D eigenvalue weighted by Crippen LogP contribution is 2.31. The minimum Gasteiger partial charge on any atom is -0.508 e. The van der Waals surface area contributed by atoms with Crippen LogP contribution < -0.4 is 0 Å². The molecule has 1 unspecified atom stereocenters. The number of aromatic hydroxyl groups is 1. The third kappa shape index (κ3) is 2.54. The Balaban J connectivity index is 2.21. The maximum absolute atomic E-state index is 9.47. The Hall–Kier alpha value is -1.06. The highest BCUT2D eigenvalue weighted by atomic mass is 16.5. The monoisotopic (exact) mass is 221 g/mol. The van der Waals surface area contributed by atoms with Crippen molar-refractivity contribution in [2.45, 2.75) is 25.6 Å². The lowest BCUT2D eigenvalue weighted by Gasteiger charge is -2.41. The van der Waals surface area contributed by atoms with Gasteiger partial charge in [0.2, 0.25) is 0 Å². The zero-order valence-electron chi connectivity index (χ0n) is 10.1. The molecule has 1 N–H and O–H groups in total. The lowest BCUT2D eigenvalue weighted by atomic mass is 10.0. The first-order valence-electron chi connectivity index (χ1n) is 5.61. The molecule has 1 atom stereocenters. The Labute approximate surface area is 96.6 Å². The summed E-state index contributed by atoms with van der Waals surface area (Å²) in [4.78, 5) is 2.26. The number of benzene rings is 1. The van der Waals surface area contributed by atoms with Gasteiger partial charge in [0.15, 0.2) is 0 Å². The summed E-state index contributed by atoms with van der Waals surface area (Å²) in [5.74, 6) is 0.298. The summed E-state index contributed by atoms with van der Waals surface area (Å²) in [5.41, 5.74) is 0.906. The van der Waals surface area contributed by atoms with E-state index in [2.05, 4.69) is 25.8 Å². The molecule has 1 aliphatic heterocycles. The molecule has 1 aromatic rings. The maximum atomic E-state index is 9.47. The standard InChI is InChI=1S/C13H19NO2/c1-13(2)9-14(3)8-12(16-13)10-5-4-6-11(15)7-10/h4-7,12,15H,8-9H2,1-3H3. The van der Waals surface area contributed by atoms with Gasteiger partial charge in [0.05, 0.1) is 11.7 Å². The van der Waals surface area contributed by atoms with Crippen LogP contribution in [0.2, 0.25) is 0 Å². The molecule has 0 amide bonds. The first kappa shape index (κ1) is 11.4. The molecule has 0 aromatic heterocycles. The van der Waals surface area contributed by atoms with Crippen molar-refractivity contribution in [2.24, 2.45) is 0 Å². The van der Waals surface area contributed by atoms with E-state index < -0.39 is 0 Å². The number of ether oxygens (including phenoxy) is 1. The van der Waals surface area contributed by atoms with Gasteiger partial charge in [-0.1, -0.05) is 12.1 Å². The van der Waals surface area contributed by atoms with Crippen LogP contribution in [0, 0.1) is 0 Å². The van der Waals surface area contributed by atoms with Gasteiger partial charge in [0.1, 0.15) is 5.75 Å². The van der Waals surface area contributed by atoms with Crippen LogP contribution in [0.1, 0.15) is 25.5 Å². The molecular formula is C13H19NO2. The Morgan fingerprint density at radius 1 is 1.44 bits per heavy atom. The molecule has 1 aliphatic rings. The fourth-order valence-corrected chi connectivity index (χ4v) is 2.36. The van der Waals surface area contributed by atoms with Crippen molar-refractivity contribution in [3.63, 3.8) is 0 Å². The molecule has 88 valence electrons. The number of hydrogen-bond donors (Lipinski definition) is 1. The van der Waals surface area contributed by atoms with E-state index in [1.807, 2.05) is 12.1 Å². The smallest absolute Gasteiger partial charge is 0.115 e. The van der Waals surface area contributed by atoms with Crippen LogP contribution in [0.15, 0.2) is 24.3 Å². The van der Waals surface area contributed by atoms with Crippen molar-refractivity contribution in [1.29, 1.82) is 0 Å². The molecule has 0 aliphatic carbocycles. The van der Waals surface area contributed by atoms with E-state index in [0.29, 0.717) is 5.75 Å². The molecule has 3 nitrogen and oxygen atoms in total. The lowest BCUT2D eigenvalue weighted by molar-refractivity contribution is -0.132. The van der Waals surface area contributed by atoms with Crippen molar-refractivity contribution in [1.82, 2.24) is 4.90 Å². The number of phenolic OH excluding ortho intramolecular Hbond substituents is 1. The molecule has 0 radical (unpaired) electrons. The van der Waals surface area contributed by atoms with Gasteiger partial charge in [-0.2, -0.15) is 0 Å². The SMILES string of the molecule is CN1CC(c2cccc(O)c2)OC(C)(C)C1. The molecule has 0 spiro atoms. The summed E-state index contributed by atoms with van der Waals surface area (Å²) in [7, 11) is 2.10. The highest BCUT2D eigenvalue weighted by molar-refractivity contribution is 5.29. The number of hydrogen-bond acceptors (Lipinski definition) is 3. The van der Waals surface area contributed by atoms with Crippen LogP contribution in [-0.4, -0.2) is 35.7 Å². The predicted octanol–water partition coefficient (Wildman–Crippen LogP) is 2.17. The van der Waals surface area contributed by atoms with Gasteiger partial charge in [0.25, 0.3) is 0 Å². The van der Waals surface area contributed by atoms with E-state index in [1.165, 1.54) is 0 Å². The van der Waals surface area contributed by atoms with Crippen LogP contribution in [-0.2, 0) is 4.74 Å². The van der Waals surface area contributed by atoms with E-state index in [0.717, 1.165) is 18.7 Å². The second-order valence-electron chi connectivity index (χ2n) is 5.16. The minimum atomic E-state index is -0.136. The van der Waals surface area contributed by atoms with Gasteiger partial charge < -0.3 is 14.7 Å². The van der Waals surface area contributed by atoms with E-state index in [4.69, 9.17) is 4.74 Å². The molecule has 0 saturated carbocycles. The normalized spacial score (nSPS) is 25.6. The molecule has 3 heteroatoms. The highest BCUT2D eigenvalue weighted by Gasteiger charge is 2.32. The summed E-state index contributed by atoms with van der Waals surface area (Å²) in [6.45, 7) is 5.99. The molecule has 0 bridgehead atoms. The zero-order valence-corrected chi connectivity index (χ0v) is 10.1. The van der Waals surface area contributed by atoms with Gasteiger partial charge in [-0.25, -0.2) is 0 Å². The van der Waals surface area contributed by atoms with Gasteiger partial charge in [-0.05, 0) is 38.6 Å². The zero-order chi connectivity index (χ0) is 11.8. The Morgan fingerprint density at radius 3 is 2.81 bits per heavy atom. The van der Waals surface area contributed by atoms with E-state index in [1.54, 1.807) is 12.1 Å². The third-order valence-corrected chi connectivity index (χ3v) is 2.83. The van der Waals surface area contributed by atoms with E-state index in [9.17, 15) is 5.11 Å². The van der Waals surface area contributed by atoms with Gasteiger partial charge in [0, 0.05) is 13.1 Å². The quantitative estimate of drug-likeness (QED) is 0.789. The van der Waals surface area contributed by atoms with Crippen LogP contribution in [0.3, 0.4) is 0 Å². The number of nitrogens with zero attached hydrogens (tertiary/aromatic N) is 1. The molecule has 1 aromatic carbocycles. The average molecular weight is 221 g/mol. The van der Waals surface area contributed by atoms with Crippen molar-refractivity contribution in [3.05, 3.63) is 29.8 Å². The fourth-order valence-electron chi connectivity index (χ4n) is 2.36. The number of rotatable bonds is 1. The van der Waals surface area contributed by atoms with Crippen LogP contribution in [0.5, 0.6) is 5.75 Å². The summed E-state index contributed by atoms with van der Waals surface area (Å²) in [6, 6.07) is 7.32. The van der Waals surface area contributed by atoms with Crippen molar-refractivity contribution in [3.8, 4) is 5.75 Å². The van der Waals surface area contributed by atoms with Crippen LogP contribution >= 0.6 is 0 Å². The van der Waals surface area contributed by atoms with E-state index >= 15 is 0 Å². The molecule has 2 rings (SSSR count). The average Bonchev–Trinajstić information content (AvgIpc) is 2.14. The van der Waals surface area contributed by atoms with Crippen molar-refractivity contribution in [2.75, 3.05) is 20.1 Å². The predicted molar refractivity (Wildman–Crippen MR) is 63.5 cm³/mol. The third-order valence-electron chi connectivity index (χ3n) is 2.83. The second kappa shape index (κ2) is 4.07. The van der Waals surface area contributed by atoms with Crippen molar-refractivity contribution < 1.29 is 9.84 Å². The summed E-state index contributed by atoms with van der Waals surface area (Å²) in [5, 5.41) is 9.47. The molecule has 1 fully saturated rings. The summed E-state index contributed by atoms with van der Waals surface area (Å²) >= 11 is 0. The number of likely N-dealkylation sites (N-methyl/N-ethyl adjacent to an activating group) is 1. The van der Waals surface area contributed by atoms with Gasteiger partial charge >= 0.3 is 0 Å². The van der Waals surface area contributed by atoms with Gasteiger partial charge in [-0.15, -0.1) is 0 Å². The summed E-state index contributed by atoms with van der Waals surface area (Å²) in [6.07, 6.45) is 0.0425. The molecule has 16 heavy (non-hydrogen) atoms. The lowest BCUT2D eigenvalue weighted by Crippen LogP contribution is -2.47. The Morgan fingerprint density at radius 2 is 2.19 bits per heavy atom. The largest absolute Gasteiger partial charge is 0.508 e. The Bertz CT molecular complexity index is 376. The molecule has 1 heterocycles. The maximum Gasteiger partial charge on any atom is 0.115 e.